The molecule has 1 amide bonds. The van der Waals surface area contributed by atoms with Crippen LogP contribution in [0.2, 0.25) is 10.0 Å². The van der Waals surface area contributed by atoms with Crippen molar-refractivity contribution in [1.82, 2.24) is 24.5 Å². The summed E-state index contributed by atoms with van der Waals surface area (Å²) in [5.41, 5.74) is -0.793. The third-order valence-corrected chi connectivity index (χ3v) is 4.92. The molecule has 13 heteroatoms. The smallest absolute Gasteiger partial charge is 0.288 e. The summed E-state index contributed by atoms with van der Waals surface area (Å²) in [6.07, 6.45) is -3.35. The van der Waals surface area contributed by atoms with Crippen LogP contribution in [0.3, 0.4) is 0 Å². The summed E-state index contributed by atoms with van der Waals surface area (Å²) >= 11 is 14.7. The number of nitrogens with zero attached hydrogens (tertiary/aromatic N) is 5. The summed E-state index contributed by atoms with van der Waals surface area (Å²) in [7, 11) is 1.23. The maximum atomic E-state index is 12.9. The third kappa shape index (κ3) is 4.31. The number of aryl methyl sites for hydroxylation is 1. The van der Waals surface area contributed by atoms with E-state index in [-0.39, 0.29) is 18.2 Å². The number of anilines is 1. The Balaban J connectivity index is 1.77. The van der Waals surface area contributed by atoms with E-state index in [1.165, 1.54) is 18.1 Å². The molecule has 0 atom stereocenters. The highest BCUT2D eigenvalue weighted by Crippen LogP contribution is 2.35. The van der Waals surface area contributed by atoms with Crippen molar-refractivity contribution < 1.29 is 18.0 Å². The van der Waals surface area contributed by atoms with E-state index in [0.717, 1.165) is 10.2 Å². The highest BCUT2D eigenvalue weighted by Gasteiger charge is 2.39. The lowest BCUT2D eigenvalue weighted by atomic mass is 10.2. The number of aromatic nitrogens is 5. The molecule has 3 rings (SSSR count). The first-order valence-electron chi connectivity index (χ1n) is 7.50. The van der Waals surface area contributed by atoms with Gasteiger partial charge in [-0.3, -0.25) is 14.8 Å². The topological polar surface area (TPSA) is 77.6 Å². The third-order valence-electron chi connectivity index (χ3n) is 3.58. The van der Waals surface area contributed by atoms with Gasteiger partial charge < -0.3 is 0 Å². The fourth-order valence-corrected chi connectivity index (χ4v) is 3.55. The maximum absolute atomic E-state index is 12.9. The Bertz CT molecular complexity index is 1050. The predicted molar refractivity (Wildman–Crippen MR) is 99.4 cm³/mol. The Hall–Kier alpha value is -2.11. The quantitative estimate of drug-likeness (QED) is 0.579. The minimum atomic E-state index is -4.70. The van der Waals surface area contributed by atoms with E-state index >= 15 is 0 Å². The van der Waals surface area contributed by atoms with E-state index in [1.807, 2.05) is 0 Å². The van der Waals surface area contributed by atoms with Crippen LogP contribution in [0.25, 0.3) is 0 Å². The van der Waals surface area contributed by atoms with Crippen LogP contribution in [0.5, 0.6) is 0 Å². The number of nitrogens with one attached hydrogen (secondary N) is 1. The summed E-state index contributed by atoms with van der Waals surface area (Å²) in [5, 5.41) is 10.7. The zero-order valence-corrected chi connectivity index (χ0v) is 17.0. The minimum absolute atomic E-state index is 0.0863. The Kier molecular flexibility index (Phi) is 5.69. The molecule has 0 aliphatic heterocycles. The molecule has 28 heavy (non-hydrogen) atoms. The van der Waals surface area contributed by atoms with Crippen molar-refractivity contribution in [3.63, 3.8) is 0 Å². The van der Waals surface area contributed by atoms with Gasteiger partial charge in [0, 0.05) is 17.1 Å². The Morgan fingerprint density at radius 3 is 2.61 bits per heavy atom. The molecule has 0 fully saturated rings. The molecule has 1 N–H and O–H groups in total. The van der Waals surface area contributed by atoms with Crippen molar-refractivity contribution in [2.45, 2.75) is 12.7 Å². The number of benzene rings is 1. The number of amides is 1. The minimum Gasteiger partial charge on any atom is -0.288 e. The van der Waals surface area contributed by atoms with E-state index in [0.29, 0.717) is 10.0 Å². The lowest BCUT2D eigenvalue weighted by Gasteiger charge is -2.05. The van der Waals surface area contributed by atoms with Crippen LogP contribution in [0, 0.1) is 0 Å². The van der Waals surface area contributed by atoms with E-state index in [4.69, 9.17) is 23.2 Å². The molecule has 2 aromatic heterocycles. The van der Waals surface area contributed by atoms with Crippen molar-refractivity contribution in [2.24, 2.45) is 7.05 Å². The van der Waals surface area contributed by atoms with E-state index in [2.05, 4.69) is 36.4 Å². The number of halogens is 6. The van der Waals surface area contributed by atoms with Gasteiger partial charge in [0.1, 0.15) is 12.0 Å². The number of hydrogen-bond donors (Lipinski definition) is 1. The first-order chi connectivity index (χ1) is 13.1. The first kappa shape index (κ1) is 20.6. The second-order valence-corrected chi connectivity index (χ2v) is 7.22. The predicted octanol–water partition coefficient (Wildman–Crippen LogP) is 4.40. The van der Waals surface area contributed by atoms with E-state index < -0.39 is 22.3 Å². The molecule has 7 nitrogen and oxygen atoms in total. The molecule has 1 aromatic carbocycles. The highest BCUT2D eigenvalue weighted by molar-refractivity contribution is 9.10. The molecule has 148 valence electrons. The van der Waals surface area contributed by atoms with Gasteiger partial charge in [-0.05, 0) is 33.6 Å². The normalized spacial score (nSPS) is 11.7. The van der Waals surface area contributed by atoms with E-state index in [9.17, 15) is 18.0 Å². The number of alkyl halides is 3. The Labute approximate surface area is 174 Å². The summed E-state index contributed by atoms with van der Waals surface area (Å²) in [4.78, 5) is 16.3. The van der Waals surface area contributed by atoms with Crippen LogP contribution in [-0.4, -0.2) is 30.5 Å². The molecule has 2 heterocycles. The monoisotopic (exact) mass is 496 g/mol. The van der Waals surface area contributed by atoms with Gasteiger partial charge in [-0.25, -0.2) is 9.67 Å². The fourth-order valence-electron chi connectivity index (χ4n) is 2.34. The van der Waals surface area contributed by atoms with Crippen molar-refractivity contribution in [3.8, 4) is 0 Å². The molecule has 0 saturated carbocycles. The Morgan fingerprint density at radius 1 is 1.29 bits per heavy atom. The van der Waals surface area contributed by atoms with Gasteiger partial charge in [0.15, 0.2) is 5.69 Å². The molecule has 0 saturated heterocycles. The molecular formula is C15H10BrCl2F3N6O. The van der Waals surface area contributed by atoms with Gasteiger partial charge in [-0.2, -0.15) is 18.3 Å². The van der Waals surface area contributed by atoms with Gasteiger partial charge in [-0.1, -0.05) is 29.3 Å². The van der Waals surface area contributed by atoms with Gasteiger partial charge in [0.25, 0.3) is 5.91 Å². The van der Waals surface area contributed by atoms with Crippen LogP contribution in [0.15, 0.2) is 29.0 Å². The molecule has 0 spiro atoms. The molecule has 0 bridgehead atoms. The second-order valence-electron chi connectivity index (χ2n) is 5.59. The van der Waals surface area contributed by atoms with Gasteiger partial charge >= 0.3 is 6.18 Å². The number of carbonyl (C=O) groups is 1. The molecule has 0 unspecified atom stereocenters. The van der Waals surface area contributed by atoms with Crippen LogP contribution in [0.4, 0.5) is 19.1 Å². The number of rotatable bonds is 4. The molecule has 0 aliphatic rings. The largest absolute Gasteiger partial charge is 0.436 e. The number of carbonyl (C=O) groups excluding carboxylic acids is 1. The first-order valence-corrected chi connectivity index (χ1v) is 9.05. The SMILES string of the molecule is Cn1nc(C(F)(F)F)c(Br)c1C(=O)Nc1ncn(Cc2ccc(Cl)cc2Cl)n1. The average molecular weight is 498 g/mol. The van der Waals surface area contributed by atoms with Gasteiger partial charge in [0.05, 0.1) is 11.0 Å². The maximum Gasteiger partial charge on any atom is 0.436 e. The van der Waals surface area contributed by atoms with Crippen LogP contribution in [0.1, 0.15) is 21.7 Å². The van der Waals surface area contributed by atoms with Crippen LogP contribution in [-0.2, 0) is 19.8 Å². The van der Waals surface area contributed by atoms with Crippen molar-refractivity contribution in [2.75, 3.05) is 5.32 Å². The fraction of sp³-hybridized carbons (Fsp3) is 0.200. The zero-order valence-electron chi connectivity index (χ0n) is 13.9. The summed E-state index contributed by atoms with van der Waals surface area (Å²) in [5.74, 6) is -0.934. The van der Waals surface area contributed by atoms with Crippen LogP contribution < -0.4 is 5.32 Å². The van der Waals surface area contributed by atoms with Crippen molar-refractivity contribution in [3.05, 3.63) is 56.0 Å². The molecule has 0 radical (unpaired) electrons. The van der Waals surface area contributed by atoms with Crippen molar-refractivity contribution >= 4 is 51.0 Å². The molecule has 0 aliphatic carbocycles. The summed E-state index contributed by atoms with van der Waals surface area (Å²) < 4.78 is 40.5. The lowest BCUT2D eigenvalue weighted by molar-refractivity contribution is -0.142. The number of hydrogen-bond acceptors (Lipinski definition) is 4. The van der Waals surface area contributed by atoms with E-state index in [1.54, 1.807) is 18.2 Å². The average Bonchev–Trinajstić information content (AvgIpc) is 3.13. The van der Waals surface area contributed by atoms with Crippen molar-refractivity contribution in [1.29, 1.82) is 0 Å². The van der Waals surface area contributed by atoms with Gasteiger partial charge in [0.2, 0.25) is 5.95 Å². The van der Waals surface area contributed by atoms with Crippen LogP contribution >= 0.6 is 39.1 Å². The summed E-state index contributed by atoms with van der Waals surface area (Å²) in [6, 6.07) is 4.97. The standard InChI is InChI=1S/C15H10BrCl2F3N6O/c1-26-11(10(16)12(24-26)15(19,20)21)13(28)23-14-22-6-27(25-14)5-7-2-3-8(17)4-9(7)18/h2-4,6H,5H2,1H3,(H,23,25,28). The zero-order chi connectivity index (χ0) is 20.6. The molecular weight excluding hydrogens is 488 g/mol. The highest BCUT2D eigenvalue weighted by atomic mass is 79.9. The lowest BCUT2D eigenvalue weighted by Crippen LogP contribution is -2.17. The Morgan fingerprint density at radius 2 is 2.00 bits per heavy atom. The summed E-state index contributed by atoms with van der Waals surface area (Å²) in [6.45, 7) is 0.256. The second kappa shape index (κ2) is 7.72. The van der Waals surface area contributed by atoms with Gasteiger partial charge in [-0.15, -0.1) is 5.10 Å². The molecule has 3 aromatic rings.